The van der Waals surface area contributed by atoms with E-state index in [0.29, 0.717) is 19.6 Å². The standard InChI is InChI=1S/C10H19N3O3.ClH/c1-12(5-6-14)9(15)7-8-10(16)13(2)4-3-11-8;/h8,11,14H,3-7H2,1-2H3;1H. The Bertz CT molecular complexity index is 276. The normalized spacial score (nSPS) is 19.8. The fourth-order valence-corrected chi connectivity index (χ4v) is 1.63. The molecule has 1 aliphatic rings. The van der Waals surface area contributed by atoms with E-state index in [-0.39, 0.29) is 37.2 Å². The zero-order chi connectivity index (χ0) is 12.1. The third-order valence-electron chi connectivity index (χ3n) is 2.75. The fraction of sp³-hybridized carbons (Fsp3) is 0.800. The fourth-order valence-electron chi connectivity index (χ4n) is 1.63. The van der Waals surface area contributed by atoms with E-state index in [0.717, 1.165) is 0 Å². The van der Waals surface area contributed by atoms with Crippen molar-refractivity contribution in [2.45, 2.75) is 12.5 Å². The van der Waals surface area contributed by atoms with Gasteiger partial charge in [-0.2, -0.15) is 0 Å². The van der Waals surface area contributed by atoms with Gasteiger partial charge in [0.1, 0.15) is 0 Å². The van der Waals surface area contributed by atoms with E-state index in [2.05, 4.69) is 5.32 Å². The van der Waals surface area contributed by atoms with Crippen LogP contribution in [0.1, 0.15) is 6.42 Å². The number of nitrogens with zero attached hydrogens (tertiary/aromatic N) is 2. The first-order chi connectivity index (χ1) is 7.56. The second-order valence-corrected chi connectivity index (χ2v) is 4.01. The molecule has 1 rings (SSSR count). The Morgan fingerprint density at radius 1 is 1.65 bits per heavy atom. The Morgan fingerprint density at radius 2 is 2.29 bits per heavy atom. The Hall–Kier alpha value is -0.850. The molecule has 1 heterocycles. The molecule has 1 saturated heterocycles. The lowest BCUT2D eigenvalue weighted by molar-refractivity contribution is -0.139. The van der Waals surface area contributed by atoms with Gasteiger partial charge in [0.15, 0.2) is 0 Å². The topological polar surface area (TPSA) is 72.9 Å². The van der Waals surface area contributed by atoms with Gasteiger partial charge in [0, 0.05) is 33.7 Å². The first-order valence-electron chi connectivity index (χ1n) is 5.39. The maximum absolute atomic E-state index is 11.7. The van der Waals surface area contributed by atoms with Crippen molar-refractivity contribution in [1.29, 1.82) is 0 Å². The number of carbonyl (C=O) groups excluding carboxylic acids is 2. The van der Waals surface area contributed by atoms with Crippen molar-refractivity contribution in [2.24, 2.45) is 0 Å². The van der Waals surface area contributed by atoms with Gasteiger partial charge in [-0.15, -0.1) is 12.4 Å². The first-order valence-corrected chi connectivity index (χ1v) is 5.39. The SMILES string of the molecule is CN(CCO)C(=O)CC1NCCN(C)C1=O.Cl. The summed E-state index contributed by atoms with van der Waals surface area (Å²) in [6.45, 7) is 1.63. The second-order valence-electron chi connectivity index (χ2n) is 4.01. The van der Waals surface area contributed by atoms with E-state index in [9.17, 15) is 9.59 Å². The van der Waals surface area contributed by atoms with Gasteiger partial charge in [0.25, 0.3) is 0 Å². The summed E-state index contributed by atoms with van der Waals surface area (Å²) < 4.78 is 0. The minimum atomic E-state index is -0.424. The summed E-state index contributed by atoms with van der Waals surface area (Å²) in [5, 5.41) is 11.7. The van der Waals surface area contributed by atoms with Crippen molar-refractivity contribution in [3.05, 3.63) is 0 Å². The van der Waals surface area contributed by atoms with Crippen molar-refractivity contribution in [2.75, 3.05) is 40.3 Å². The number of piperazine rings is 1. The zero-order valence-corrected chi connectivity index (χ0v) is 11.0. The van der Waals surface area contributed by atoms with E-state index in [1.165, 1.54) is 4.90 Å². The average molecular weight is 266 g/mol. The molecule has 0 bridgehead atoms. The average Bonchev–Trinajstić information content (AvgIpc) is 2.25. The predicted molar refractivity (Wildman–Crippen MR) is 66.0 cm³/mol. The quantitative estimate of drug-likeness (QED) is 0.661. The summed E-state index contributed by atoms with van der Waals surface area (Å²) in [4.78, 5) is 26.4. The van der Waals surface area contributed by atoms with Crippen LogP contribution in [0.5, 0.6) is 0 Å². The molecule has 1 unspecified atom stereocenters. The van der Waals surface area contributed by atoms with Gasteiger partial charge in [0.05, 0.1) is 19.1 Å². The summed E-state index contributed by atoms with van der Waals surface area (Å²) in [6.07, 6.45) is 0.152. The molecule has 0 aromatic carbocycles. The lowest BCUT2D eigenvalue weighted by Crippen LogP contribution is -2.55. The van der Waals surface area contributed by atoms with E-state index >= 15 is 0 Å². The number of hydrogen-bond acceptors (Lipinski definition) is 4. The monoisotopic (exact) mass is 265 g/mol. The molecular formula is C10H20ClN3O3. The van der Waals surface area contributed by atoms with Crippen molar-refractivity contribution in [3.63, 3.8) is 0 Å². The number of amides is 2. The third-order valence-corrected chi connectivity index (χ3v) is 2.75. The maximum Gasteiger partial charge on any atom is 0.240 e. The van der Waals surface area contributed by atoms with Gasteiger partial charge in [-0.3, -0.25) is 9.59 Å². The van der Waals surface area contributed by atoms with Crippen LogP contribution in [0.3, 0.4) is 0 Å². The third kappa shape index (κ3) is 4.49. The van der Waals surface area contributed by atoms with E-state index in [1.807, 2.05) is 0 Å². The van der Waals surface area contributed by atoms with E-state index in [1.54, 1.807) is 19.0 Å². The zero-order valence-electron chi connectivity index (χ0n) is 10.2. The molecule has 6 nitrogen and oxygen atoms in total. The van der Waals surface area contributed by atoms with Crippen LogP contribution in [0, 0.1) is 0 Å². The number of hydrogen-bond donors (Lipinski definition) is 2. The van der Waals surface area contributed by atoms with E-state index in [4.69, 9.17) is 5.11 Å². The van der Waals surface area contributed by atoms with E-state index < -0.39 is 6.04 Å². The molecule has 0 aliphatic carbocycles. The minimum absolute atomic E-state index is 0. The molecule has 7 heteroatoms. The Balaban J connectivity index is 0.00000256. The number of aliphatic hydroxyl groups excluding tert-OH is 1. The van der Waals surface area contributed by atoms with Crippen LogP contribution in [-0.4, -0.2) is 73.1 Å². The molecule has 1 aliphatic heterocycles. The summed E-state index contributed by atoms with van der Waals surface area (Å²) >= 11 is 0. The second kappa shape index (κ2) is 7.47. The molecule has 1 fully saturated rings. The molecule has 100 valence electrons. The number of likely N-dealkylation sites (N-methyl/N-ethyl adjacent to an activating group) is 2. The molecule has 0 aromatic rings. The van der Waals surface area contributed by atoms with Gasteiger partial charge >= 0.3 is 0 Å². The number of halogens is 1. The maximum atomic E-state index is 11.7. The van der Waals surface area contributed by atoms with Crippen LogP contribution < -0.4 is 5.32 Å². The van der Waals surface area contributed by atoms with Crippen LogP contribution in [0.25, 0.3) is 0 Å². The van der Waals surface area contributed by atoms with Gasteiger partial charge < -0.3 is 20.2 Å². The van der Waals surface area contributed by atoms with Crippen molar-refractivity contribution in [3.8, 4) is 0 Å². The summed E-state index contributed by atoms with van der Waals surface area (Å²) in [6, 6.07) is -0.424. The molecule has 2 N–H and O–H groups in total. The highest BCUT2D eigenvalue weighted by Gasteiger charge is 2.28. The Morgan fingerprint density at radius 3 is 2.88 bits per heavy atom. The summed E-state index contributed by atoms with van der Waals surface area (Å²) in [5.41, 5.74) is 0. The van der Waals surface area contributed by atoms with Crippen molar-refractivity contribution in [1.82, 2.24) is 15.1 Å². The number of nitrogens with one attached hydrogen (secondary N) is 1. The molecule has 17 heavy (non-hydrogen) atoms. The van der Waals surface area contributed by atoms with Gasteiger partial charge in [-0.1, -0.05) is 0 Å². The van der Waals surface area contributed by atoms with Gasteiger partial charge in [-0.05, 0) is 0 Å². The van der Waals surface area contributed by atoms with Gasteiger partial charge in [0.2, 0.25) is 11.8 Å². The Kier molecular flexibility index (Phi) is 7.10. The van der Waals surface area contributed by atoms with Crippen LogP contribution in [-0.2, 0) is 9.59 Å². The van der Waals surface area contributed by atoms with Crippen LogP contribution >= 0.6 is 12.4 Å². The van der Waals surface area contributed by atoms with Crippen molar-refractivity contribution >= 4 is 24.2 Å². The highest BCUT2D eigenvalue weighted by atomic mass is 35.5. The van der Waals surface area contributed by atoms with Crippen LogP contribution in [0.15, 0.2) is 0 Å². The summed E-state index contributed by atoms with van der Waals surface area (Å²) in [7, 11) is 3.35. The number of aliphatic hydroxyl groups is 1. The molecule has 1 atom stereocenters. The predicted octanol–water partition coefficient (Wildman–Crippen LogP) is -1.32. The number of carbonyl (C=O) groups is 2. The lowest BCUT2D eigenvalue weighted by Gasteiger charge is -2.30. The minimum Gasteiger partial charge on any atom is -0.395 e. The van der Waals surface area contributed by atoms with Crippen LogP contribution in [0.4, 0.5) is 0 Å². The largest absolute Gasteiger partial charge is 0.395 e. The summed E-state index contributed by atoms with van der Waals surface area (Å²) in [5.74, 6) is -0.174. The van der Waals surface area contributed by atoms with Crippen molar-refractivity contribution < 1.29 is 14.7 Å². The van der Waals surface area contributed by atoms with Crippen LogP contribution in [0.2, 0.25) is 0 Å². The molecule has 0 saturated carbocycles. The number of rotatable bonds is 4. The molecule has 0 spiro atoms. The first kappa shape index (κ1) is 16.1. The lowest BCUT2D eigenvalue weighted by atomic mass is 10.1. The molecule has 2 amide bonds. The highest BCUT2D eigenvalue weighted by Crippen LogP contribution is 2.04. The van der Waals surface area contributed by atoms with Gasteiger partial charge in [-0.25, -0.2) is 0 Å². The molecule has 0 radical (unpaired) electrons. The highest BCUT2D eigenvalue weighted by molar-refractivity contribution is 5.88. The molecule has 0 aromatic heterocycles. The smallest absolute Gasteiger partial charge is 0.240 e. The molecular weight excluding hydrogens is 246 g/mol. The Labute approximate surface area is 107 Å².